The van der Waals surface area contributed by atoms with E-state index < -0.39 is 0 Å². The quantitative estimate of drug-likeness (QED) is 0.266. The van der Waals surface area contributed by atoms with Crippen molar-refractivity contribution >= 4 is 0 Å². The van der Waals surface area contributed by atoms with Crippen molar-refractivity contribution in [2.45, 2.75) is 84.0 Å². The SMILES string of the molecule is CCCCCCCCCCCCC/C(O)=C/[N+]#N. The van der Waals surface area contributed by atoms with Gasteiger partial charge in [0, 0.05) is 6.42 Å². The summed E-state index contributed by atoms with van der Waals surface area (Å²) in [6.07, 6.45) is 16.0. The van der Waals surface area contributed by atoms with Crippen molar-refractivity contribution in [1.29, 1.82) is 5.39 Å². The molecule has 0 bridgehead atoms. The third-order valence-corrected chi connectivity index (χ3v) is 3.24. The van der Waals surface area contributed by atoms with Crippen LogP contribution in [-0.2, 0) is 0 Å². The number of unbranched alkanes of at least 4 members (excludes halogenated alkanes) is 10. The number of rotatable bonds is 12. The Balaban J connectivity index is 3.08. The molecule has 0 aromatic heterocycles. The molecule has 3 nitrogen and oxygen atoms in total. The van der Waals surface area contributed by atoms with E-state index in [9.17, 15) is 5.11 Å². The lowest BCUT2D eigenvalue weighted by Gasteiger charge is -2.01. The monoisotopic (exact) mass is 253 g/mol. The molecular weight excluding hydrogens is 224 g/mol. The second-order valence-corrected chi connectivity index (χ2v) is 5.02. The summed E-state index contributed by atoms with van der Waals surface area (Å²) in [6.45, 7) is 2.25. The van der Waals surface area contributed by atoms with Crippen LogP contribution in [0.4, 0.5) is 0 Å². The zero-order valence-corrected chi connectivity index (χ0v) is 11.9. The number of allylic oxidation sites excluding steroid dienone is 1. The van der Waals surface area contributed by atoms with Gasteiger partial charge in [-0.25, -0.2) is 0 Å². The Kier molecular flexibility index (Phi) is 13.2. The van der Waals surface area contributed by atoms with Gasteiger partial charge >= 0.3 is 6.20 Å². The maximum Gasteiger partial charge on any atom is 0.387 e. The van der Waals surface area contributed by atoms with E-state index in [0.717, 1.165) is 19.0 Å². The fraction of sp³-hybridized carbons (Fsp3) is 0.867. The predicted octanol–water partition coefficient (Wildman–Crippen LogP) is 5.94. The molecule has 0 rings (SSSR count). The lowest BCUT2D eigenvalue weighted by Crippen LogP contribution is -1.84. The summed E-state index contributed by atoms with van der Waals surface area (Å²) in [4.78, 5) is 2.79. The Morgan fingerprint density at radius 3 is 1.78 bits per heavy atom. The van der Waals surface area contributed by atoms with E-state index in [0.29, 0.717) is 6.42 Å². The van der Waals surface area contributed by atoms with Crippen LogP contribution >= 0.6 is 0 Å². The lowest BCUT2D eigenvalue weighted by molar-refractivity contribution is 0.380. The molecule has 0 aliphatic heterocycles. The van der Waals surface area contributed by atoms with Crippen LogP contribution in [0.25, 0.3) is 4.98 Å². The van der Waals surface area contributed by atoms with Crippen molar-refractivity contribution in [2.24, 2.45) is 0 Å². The van der Waals surface area contributed by atoms with Gasteiger partial charge in [-0.05, 0) is 6.42 Å². The summed E-state index contributed by atoms with van der Waals surface area (Å²) in [5.74, 6) is 0.174. The molecule has 104 valence electrons. The van der Waals surface area contributed by atoms with Gasteiger partial charge in [0.1, 0.15) is 0 Å². The Bertz CT molecular complexity index is 243. The molecule has 0 aliphatic carbocycles. The molecule has 0 unspecified atom stereocenters. The van der Waals surface area contributed by atoms with E-state index in [1.807, 2.05) is 0 Å². The first-order chi connectivity index (χ1) is 8.81. The number of aliphatic hydroxyl groups excluding tert-OH is 1. The summed E-state index contributed by atoms with van der Waals surface area (Å²) >= 11 is 0. The number of aliphatic hydroxyl groups is 1. The Hall–Kier alpha value is -1.04. The van der Waals surface area contributed by atoms with Crippen molar-refractivity contribution in [1.82, 2.24) is 0 Å². The van der Waals surface area contributed by atoms with E-state index in [2.05, 4.69) is 11.9 Å². The minimum atomic E-state index is 0.174. The van der Waals surface area contributed by atoms with E-state index in [-0.39, 0.29) is 5.76 Å². The molecule has 0 saturated heterocycles. The summed E-state index contributed by atoms with van der Waals surface area (Å²) in [5.41, 5.74) is 0. The third-order valence-electron chi connectivity index (χ3n) is 3.24. The van der Waals surface area contributed by atoms with E-state index in [4.69, 9.17) is 5.39 Å². The molecular formula is C15H29N2O+. The zero-order valence-electron chi connectivity index (χ0n) is 11.9. The summed E-state index contributed by atoms with van der Waals surface area (Å²) in [6, 6.07) is 0. The molecule has 0 radical (unpaired) electrons. The predicted molar refractivity (Wildman–Crippen MR) is 76.9 cm³/mol. The minimum Gasteiger partial charge on any atom is -0.505 e. The molecule has 0 spiro atoms. The van der Waals surface area contributed by atoms with Crippen LogP contribution in [0.2, 0.25) is 0 Å². The highest BCUT2D eigenvalue weighted by atomic mass is 16.3. The highest BCUT2D eigenvalue weighted by Crippen LogP contribution is 2.13. The van der Waals surface area contributed by atoms with Gasteiger partial charge in [0.15, 0.2) is 10.7 Å². The third kappa shape index (κ3) is 13.0. The second-order valence-electron chi connectivity index (χ2n) is 5.02. The van der Waals surface area contributed by atoms with Gasteiger partial charge in [-0.1, -0.05) is 71.1 Å². The van der Waals surface area contributed by atoms with Crippen LogP contribution in [0, 0.1) is 5.39 Å². The van der Waals surface area contributed by atoms with Crippen LogP contribution < -0.4 is 0 Å². The van der Waals surface area contributed by atoms with Gasteiger partial charge in [-0.3, -0.25) is 0 Å². The van der Waals surface area contributed by atoms with Gasteiger partial charge < -0.3 is 5.11 Å². The highest BCUT2D eigenvalue weighted by Gasteiger charge is 1.99. The molecule has 3 heteroatoms. The van der Waals surface area contributed by atoms with E-state index in [1.165, 1.54) is 57.8 Å². The van der Waals surface area contributed by atoms with Crippen molar-refractivity contribution in [2.75, 3.05) is 0 Å². The van der Waals surface area contributed by atoms with Gasteiger partial charge in [0.2, 0.25) is 5.39 Å². The van der Waals surface area contributed by atoms with Gasteiger partial charge in [-0.2, -0.15) is 0 Å². The normalized spacial score (nSPS) is 11.4. The lowest BCUT2D eigenvalue weighted by atomic mass is 10.1. The van der Waals surface area contributed by atoms with Crippen LogP contribution in [0.5, 0.6) is 0 Å². The molecule has 0 amide bonds. The van der Waals surface area contributed by atoms with Crippen LogP contribution in [0.15, 0.2) is 12.0 Å². The maximum atomic E-state index is 9.20. The molecule has 18 heavy (non-hydrogen) atoms. The number of nitrogens with zero attached hydrogens (tertiary/aromatic N) is 2. The van der Waals surface area contributed by atoms with Crippen LogP contribution in [-0.4, -0.2) is 5.11 Å². The van der Waals surface area contributed by atoms with Crippen molar-refractivity contribution in [3.8, 4) is 0 Å². The largest absolute Gasteiger partial charge is 0.505 e. The van der Waals surface area contributed by atoms with Gasteiger partial charge in [-0.15, -0.1) is 0 Å². The average Bonchev–Trinajstić information content (AvgIpc) is 2.36. The molecule has 0 atom stereocenters. The summed E-state index contributed by atoms with van der Waals surface area (Å²) < 4.78 is 0. The summed E-state index contributed by atoms with van der Waals surface area (Å²) in [5, 5.41) is 17.4. The average molecular weight is 253 g/mol. The van der Waals surface area contributed by atoms with Gasteiger partial charge in [0.05, 0.1) is 0 Å². The fourth-order valence-electron chi connectivity index (χ4n) is 2.10. The molecule has 0 fully saturated rings. The maximum absolute atomic E-state index is 9.20. The first-order valence-electron chi connectivity index (χ1n) is 7.53. The van der Waals surface area contributed by atoms with Crippen molar-refractivity contribution in [3.63, 3.8) is 0 Å². The zero-order chi connectivity index (χ0) is 13.5. The second kappa shape index (κ2) is 14.0. The number of diazo groups is 1. The van der Waals surface area contributed by atoms with Crippen LogP contribution in [0.1, 0.15) is 84.0 Å². The molecule has 0 aliphatic rings. The minimum absolute atomic E-state index is 0.174. The van der Waals surface area contributed by atoms with Crippen molar-refractivity contribution in [3.05, 3.63) is 16.9 Å². The summed E-state index contributed by atoms with van der Waals surface area (Å²) in [7, 11) is 0. The molecule has 1 N–H and O–H groups in total. The van der Waals surface area contributed by atoms with E-state index >= 15 is 0 Å². The highest BCUT2D eigenvalue weighted by molar-refractivity contribution is 4.94. The molecule has 0 aromatic rings. The first-order valence-corrected chi connectivity index (χ1v) is 7.53. The smallest absolute Gasteiger partial charge is 0.387 e. The Morgan fingerprint density at radius 2 is 1.33 bits per heavy atom. The van der Waals surface area contributed by atoms with Gasteiger partial charge in [0.25, 0.3) is 0 Å². The standard InChI is InChI=1S/C15H28N2O/c1-2-3-4-5-6-7-8-9-10-11-12-13-15(18)14-17-16/h14H,2-13H2,1H3/p+1/b15-14-. The Morgan fingerprint density at radius 1 is 0.889 bits per heavy atom. The number of hydrogen-bond donors (Lipinski definition) is 1. The molecule has 0 aromatic carbocycles. The van der Waals surface area contributed by atoms with Crippen molar-refractivity contribution < 1.29 is 5.11 Å². The van der Waals surface area contributed by atoms with E-state index in [1.54, 1.807) is 0 Å². The molecule has 0 saturated carbocycles. The topological polar surface area (TPSA) is 48.4 Å². The Labute approximate surface area is 112 Å². The molecule has 0 heterocycles. The first kappa shape index (κ1) is 17.0. The van der Waals surface area contributed by atoms with Crippen LogP contribution in [0.3, 0.4) is 0 Å². The number of hydrogen-bond acceptors (Lipinski definition) is 2. The fourth-order valence-corrected chi connectivity index (χ4v) is 2.10.